The van der Waals surface area contributed by atoms with Gasteiger partial charge in [0.25, 0.3) is 0 Å². The molecule has 0 aliphatic heterocycles. The van der Waals surface area contributed by atoms with Crippen LogP contribution in [-0.4, -0.2) is 18.7 Å². The Labute approximate surface area is 117 Å². The normalized spacial score (nSPS) is 11.8. The van der Waals surface area contributed by atoms with Crippen molar-refractivity contribution in [3.63, 3.8) is 0 Å². The first-order valence-corrected chi connectivity index (χ1v) is 7.54. The molecular formula is C13H16N2O4S. The number of nitrogens with one attached hydrogen (secondary N) is 1. The third-order valence-corrected chi connectivity index (χ3v) is 4.62. The van der Waals surface area contributed by atoms with Crippen LogP contribution in [0.2, 0.25) is 0 Å². The van der Waals surface area contributed by atoms with Gasteiger partial charge in [-0.2, -0.15) is 0 Å². The zero-order chi connectivity index (χ0) is 14.8. The highest BCUT2D eigenvalue weighted by Crippen LogP contribution is 2.19. The highest BCUT2D eigenvalue weighted by Gasteiger charge is 2.23. The summed E-state index contributed by atoms with van der Waals surface area (Å²) in [4.78, 5) is 0.0685. The minimum Gasteiger partial charge on any atom is -0.392 e. The molecule has 0 unspecified atom stereocenters. The van der Waals surface area contributed by atoms with Crippen molar-refractivity contribution in [1.82, 2.24) is 9.88 Å². The molecule has 1 heterocycles. The van der Waals surface area contributed by atoms with Crippen molar-refractivity contribution in [3.8, 4) is 0 Å². The Kier molecular flexibility index (Phi) is 4.22. The van der Waals surface area contributed by atoms with E-state index in [4.69, 9.17) is 4.52 Å². The average Bonchev–Trinajstić information content (AvgIpc) is 2.77. The van der Waals surface area contributed by atoms with Gasteiger partial charge < -0.3 is 9.63 Å². The topological polar surface area (TPSA) is 92.4 Å². The van der Waals surface area contributed by atoms with Gasteiger partial charge in [0, 0.05) is 6.54 Å². The standard InChI is InChI=1S/C13H16N2O4S/c1-9-13(10(2)19-15-9)20(17,18)14-7-11-5-3-4-6-12(11)8-16/h3-6,14,16H,7-8H2,1-2H3. The maximum Gasteiger partial charge on any atom is 0.246 e. The summed E-state index contributed by atoms with van der Waals surface area (Å²) in [5.74, 6) is 0.255. The number of nitrogens with zero attached hydrogens (tertiary/aromatic N) is 1. The van der Waals surface area contributed by atoms with Crippen LogP contribution in [0.25, 0.3) is 0 Å². The fourth-order valence-corrected chi connectivity index (χ4v) is 3.32. The summed E-state index contributed by atoms with van der Waals surface area (Å²) in [7, 11) is -3.69. The molecule has 1 aromatic carbocycles. The van der Waals surface area contributed by atoms with Gasteiger partial charge in [-0.1, -0.05) is 29.4 Å². The molecule has 2 aromatic rings. The molecule has 108 valence electrons. The molecule has 0 fully saturated rings. The Morgan fingerprint density at radius 2 is 1.90 bits per heavy atom. The van der Waals surface area contributed by atoms with Crippen LogP contribution in [0.4, 0.5) is 0 Å². The van der Waals surface area contributed by atoms with Crippen molar-refractivity contribution in [3.05, 3.63) is 46.8 Å². The lowest BCUT2D eigenvalue weighted by Gasteiger charge is -2.09. The SMILES string of the molecule is Cc1noc(C)c1S(=O)(=O)NCc1ccccc1CO. The third kappa shape index (κ3) is 2.90. The first kappa shape index (κ1) is 14.7. The Morgan fingerprint density at radius 3 is 2.45 bits per heavy atom. The lowest BCUT2D eigenvalue weighted by atomic mass is 10.1. The minimum atomic E-state index is -3.69. The van der Waals surface area contributed by atoms with Gasteiger partial charge in [-0.05, 0) is 25.0 Å². The fraction of sp³-hybridized carbons (Fsp3) is 0.308. The van der Waals surface area contributed by atoms with Crippen molar-refractivity contribution in [2.45, 2.75) is 31.9 Å². The predicted molar refractivity (Wildman–Crippen MR) is 72.4 cm³/mol. The van der Waals surface area contributed by atoms with Crippen LogP contribution < -0.4 is 4.72 Å². The van der Waals surface area contributed by atoms with E-state index in [1.165, 1.54) is 0 Å². The smallest absolute Gasteiger partial charge is 0.246 e. The van der Waals surface area contributed by atoms with E-state index in [0.717, 1.165) is 5.56 Å². The fourth-order valence-electron chi connectivity index (χ4n) is 1.99. The van der Waals surface area contributed by atoms with Crippen molar-refractivity contribution < 1.29 is 18.0 Å². The highest BCUT2D eigenvalue weighted by atomic mass is 32.2. The zero-order valence-electron chi connectivity index (χ0n) is 11.3. The number of rotatable bonds is 5. The molecular weight excluding hydrogens is 280 g/mol. The van der Waals surface area contributed by atoms with Crippen LogP contribution >= 0.6 is 0 Å². The van der Waals surface area contributed by atoms with Crippen molar-refractivity contribution in [2.24, 2.45) is 0 Å². The van der Waals surface area contributed by atoms with Crippen LogP contribution in [0.5, 0.6) is 0 Å². The number of aliphatic hydroxyl groups is 1. The van der Waals surface area contributed by atoms with E-state index in [9.17, 15) is 13.5 Å². The largest absolute Gasteiger partial charge is 0.392 e. The molecule has 0 saturated heterocycles. The van der Waals surface area contributed by atoms with Gasteiger partial charge in [-0.25, -0.2) is 13.1 Å². The van der Waals surface area contributed by atoms with Gasteiger partial charge in [-0.3, -0.25) is 0 Å². The molecule has 20 heavy (non-hydrogen) atoms. The van der Waals surface area contributed by atoms with Crippen LogP contribution in [0.3, 0.4) is 0 Å². The molecule has 2 rings (SSSR count). The van der Waals surface area contributed by atoms with Crippen molar-refractivity contribution in [1.29, 1.82) is 0 Å². The van der Waals surface area contributed by atoms with E-state index in [2.05, 4.69) is 9.88 Å². The van der Waals surface area contributed by atoms with Crippen LogP contribution in [-0.2, 0) is 23.2 Å². The monoisotopic (exact) mass is 296 g/mol. The number of aliphatic hydroxyl groups excluding tert-OH is 1. The second-order valence-corrected chi connectivity index (χ2v) is 6.11. The minimum absolute atomic E-state index is 0.0685. The van der Waals surface area contributed by atoms with E-state index >= 15 is 0 Å². The summed E-state index contributed by atoms with van der Waals surface area (Å²) >= 11 is 0. The third-order valence-electron chi connectivity index (χ3n) is 2.98. The Balaban J connectivity index is 2.22. The summed E-state index contributed by atoms with van der Waals surface area (Å²) in [6.07, 6.45) is 0. The first-order valence-electron chi connectivity index (χ1n) is 6.06. The molecule has 2 N–H and O–H groups in total. The quantitative estimate of drug-likeness (QED) is 0.866. The Morgan fingerprint density at radius 1 is 1.25 bits per heavy atom. The highest BCUT2D eigenvalue weighted by molar-refractivity contribution is 7.89. The number of hydrogen-bond acceptors (Lipinski definition) is 5. The molecule has 6 nitrogen and oxygen atoms in total. The molecule has 0 atom stereocenters. The molecule has 0 amide bonds. The van der Waals surface area contributed by atoms with E-state index in [1.807, 2.05) is 0 Å². The van der Waals surface area contributed by atoms with Crippen LogP contribution in [0.1, 0.15) is 22.6 Å². The maximum atomic E-state index is 12.2. The molecule has 0 spiro atoms. The second kappa shape index (κ2) is 5.74. The molecule has 0 saturated carbocycles. The zero-order valence-corrected chi connectivity index (χ0v) is 12.1. The van der Waals surface area contributed by atoms with Gasteiger partial charge in [0.2, 0.25) is 10.0 Å². The number of benzene rings is 1. The first-order chi connectivity index (χ1) is 9.45. The molecule has 0 bridgehead atoms. The molecule has 0 aliphatic rings. The van der Waals surface area contributed by atoms with E-state index in [-0.39, 0.29) is 23.8 Å². The van der Waals surface area contributed by atoms with Crippen molar-refractivity contribution >= 4 is 10.0 Å². The van der Waals surface area contributed by atoms with E-state index in [0.29, 0.717) is 11.3 Å². The van der Waals surface area contributed by atoms with Gasteiger partial charge in [0.15, 0.2) is 5.76 Å². The van der Waals surface area contributed by atoms with Gasteiger partial charge in [-0.15, -0.1) is 0 Å². The van der Waals surface area contributed by atoms with Gasteiger partial charge in [0.05, 0.1) is 6.61 Å². The van der Waals surface area contributed by atoms with E-state index in [1.54, 1.807) is 38.1 Å². The van der Waals surface area contributed by atoms with Gasteiger partial charge >= 0.3 is 0 Å². The predicted octanol–water partition coefficient (Wildman–Crippen LogP) is 1.26. The second-order valence-electron chi connectivity index (χ2n) is 4.40. The number of hydrogen-bond donors (Lipinski definition) is 2. The Bertz CT molecular complexity index is 687. The van der Waals surface area contributed by atoms with Gasteiger partial charge in [0.1, 0.15) is 10.6 Å². The lowest BCUT2D eigenvalue weighted by Crippen LogP contribution is -2.24. The Hall–Kier alpha value is -1.70. The van der Waals surface area contributed by atoms with E-state index < -0.39 is 10.0 Å². The molecule has 0 radical (unpaired) electrons. The van der Waals surface area contributed by atoms with Crippen LogP contribution in [0, 0.1) is 13.8 Å². The summed E-state index contributed by atoms with van der Waals surface area (Å²) < 4.78 is 31.8. The maximum absolute atomic E-state index is 12.2. The number of aromatic nitrogens is 1. The molecule has 0 aliphatic carbocycles. The number of sulfonamides is 1. The molecule has 1 aromatic heterocycles. The molecule has 7 heteroatoms. The summed E-state index contributed by atoms with van der Waals surface area (Å²) in [6, 6.07) is 7.09. The van der Waals surface area contributed by atoms with Crippen LogP contribution in [0.15, 0.2) is 33.7 Å². The summed E-state index contributed by atoms with van der Waals surface area (Å²) in [5, 5.41) is 12.9. The summed E-state index contributed by atoms with van der Waals surface area (Å²) in [5.41, 5.74) is 1.74. The lowest BCUT2D eigenvalue weighted by molar-refractivity contribution is 0.280. The summed E-state index contributed by atoms with van der Waals surface area (Å²) in [6.45, 7) is 3.09. The average molecular weight is 296 g/mol. The van der Waals surface area contributed by atoms with Crippen molar-refractivity contribution in [2.75, 3.05) is 0 Å². The number of aryl methyl sites for hydroxylation is 2.